The first-order valence-corrected chi connectivity index (χ1v) is 9.73. The molecule has 1 aromatic carbocycles. The van der Waals surface area contributed by atoms with Crippen LogP contribution in [0.25, 0.3) is 0 Å². The van der Waals surface area contributed by atoms with Crippen molar-refractivity contribution >= 4 is 27.7 Å². The summed E-state index contributed by atoms with van der Waals surface area (Å²) < 4.78 is 1.03. The molecule has 0 bridgehead atoms. The van der Waals surface area contributed by atoms with Crippen molar-refractivity contribution < 1.29 is 9.59 Å². The Bertz CT molecular complexity index is 596. The van der Waals surface area contributed by atoms with Crippen molar-refractivity contribution in [2.75, 3.05) is 19.6 Å². The van der Waals surface area contributed by atoms with Crippen molar-refractivity contribution in [3.8, 4) is 0 Å². The molecule has 1 N–H and O–H groups in total. The van der Waals surface area contributed by atoms with Gasteiger partial charge >= 0.3 is 0 Å². The molecule has 1 aliphatic carbocycles. The van der Waals surface area contributed by atoms with Crippen LogP contribution < -0.4 is 5.32 Å². The minimum atomic E-state index is -0.320. The molecular weight excluding hydrogens is 368 g/mol. The molecule has 5 heteroatoms. The number of carbonyl (C=O) groups is 2. The van der Waals surface area contributed by atoms with Gasteiger partial charge < -0.3 is 10.2 Å². The summed E-state index contributed by atoms with van der Waals surface area (Å²) in [6.07, 6.45) is 6.62. The number of rotatable bonds is 6. The Morgan fingerprint density at radius 3 is 2.62 bits per heavy atom. The Kier molecular flexibility index (Phi) is 5.59. The predicted octanol–water partition coefficient (Wildman–Crippen LogP) is 3.39. The summed E-state index contributed by atoms with van der Waals surface area (Å²) >= 11 is 3.44. The Morgan fingerprint density at radius 2 is 1.92 bits per heavy atom. The third kappa shape index (κ3) is 4.00. The standard InChI is InChI=1S/C19H25BrN2O2/c20-16-8-6-15(7-9-16)19(10-11-19)18(24)21-12-4-14-22-13-3-1-2-5-17(22)23/h6-9H,1-5,10-14H2,(H,21,24). The highest BCUT2D eigenvalue weighted by Gasteiger charge is 2.50. The minimum absolute atomic E-state index is 0.131. The molecule has 0 radical (unpaired) electrons. The van der Waals surface area contributed by atoms with E-state index in [1.165, 1.54) is 0 Å². The van der Waals surface area contributed by atoms with Crippen molar-refractivity contribution in [2.45, 2.75) is 50.4 Å². The van der Waals surface area contributed by atoms with E-state index >= 15 is 0 Å². The van der Waals surface area contributed by atoms with E-state index < -0.39 is 0 Å². The van der Waals surface area contributed by atoms with Crippen molar-refractivity contribution in [2.24, 2.45) is 0 Å². The normalized spacial score (nSPS) is 19.7. The van der Waals surface area contributed by atoms with Crippen molar-refractivity contribution in [1.82, 2.24) is 10.2 Å². The molecular formula is C19H25BrN2O2. The monoisotopic (exact) mass is 392 g/mol. The number of hydrogen-bond acceptors (Lipinski definition) is 2. The Hall–Kier alpha value is -1.36. The molecule has 2 amide bonds. The summed E-state index contributed by atoms with van der Waals surface area (Å²) in [6.45, 7) is 2.26. The van der Waals surface area contributed by atoms with Crippen LogP contribution >= 0.6 is 15.9 Å². The zero-order chi connectivity index (χ0) is 17.0. The summed E-state index contributed by atoms with van der Waals surface area (Å²) in [5.74, 6) is 0.402. The van der Waals surface area contributed by atoms with Crippen LogP contribution in [0.5, 0.6) is 0 Å². The van der Waals surface area contributed by atoms with E-state index in [4.69, 9.17) is 0 Å². The van der Waals surface area contributed by atoms with Gasteiger partial charge in [0.05, 0.1) is 5.41 Å². The number of halogens is 1. The number of nitrogens with one attached hydrogen (secondary N) is 1. The van der Waals surface area contributed by atoms with Crippen LogP contribution in [0.15, 0.2) is 28.7 Å². The van der Waals surface area contributed by atoms with E-state index in [1.54, 1.807) is 0 Å². The molecule has 0 atom stereocenters. The second-order valence-electron chi connectivity index (χ2n) is 6.89. The minimum Gasteiger partial charge on any atom is -0.355 e. The van der Waals surface area contributed by atoms with Crippen LogP contribution in [0.1, 0.15) is 50.5 Å². The van der Waals surface area contributed by atoms with Gasteiger partial charge in [-0.2, -0.15) is 0 Å². The predicted molar refractivity (Wildman–Crippen MR) is 97.7 cm³/mol. The van der Waals surface area contributed by atoms with Crippen molar-refractivity contribution in [3.05, 3.63) is 34.3 Å². The highest BCUT2D eigenvalue weighted by atomic mass is 79.9. The van der Waals surface area contributed by atoms with Gasteiger partial charge in [0, 0.05) is 30.5 Å². The summed E-state index contributed by atoms with van der Waals surface area (Å²) in [4.78, 5) is 26.5. The number of likely N-dealkylation sites (tertiary alicyclic amines) is 1. The lowest BCUT2D eigenvalue weighted by molar-refractivity contribution is -0.130. The van der Waals surface area contributed by atoms with E-state index in [0.29, 0.717) is 13.0 Å². The lowest BCUT2D eigenvalue weighted by Crippen LogP contribution is -2.37. The number of amides is 2. The molecule has 3 rings (SSSR count). The molecule has 1 aliphatic heterocycles. The van der Waals surface area contributed by atoms with Gasteiger partial charge in [0.1, 0.15) is 0 Å². The summed E-state index contributed by atoms with van der Waals surface area (Å²) in [7, 11) is 0. The fraction of sp³-hybridized carbons (Fsp3) is 0.579. The zero-order valence-corrected chi connectivity index (χ0v) is 15.6. The summed E-state index contributed by atoms with van der Waals surface area (Å²) in [5, 5.41) is 3.08. The third-order valence-corrected chi connectivity index (χ3v) is 5.67. The Morgan fingerprint density at radius 1 is 1.17 bits per heavy atom. The van der Waals surface area contributed by atoms with Crippen LogP contribution in [0, 0.1) is 0 Å². The average Bonchev–Trinajstić information content (AvgIpc) is 3.39. The van der Waals surface area contributed by atoms with Crippen molar-refractivity contribution in [3.63, 3.8) is 0 Å². The Labute approximate surface area is 152 Å². The van der Waals surface area contributed by atoms with Crippen LogP contribution in [0.3, 0.4) is 0 Å². The fourth-order valence-corrected chi connectivity index (χ4v) is 3.72. The first kappa shape index (κ1) is 17.5. The van der Waals surface area contributed by atoms with Gasteiger partial charge in [-0.3, -0.25) is 9.59 Å². The maximum atomic E-state index is 12.6. The largest absolute Gasteiger partial charge is 0.355 e. The maximum Gasteiger partial charge on any atom is 0.230 e. The SMILES string of the molecule is O=C1CCCCCN1CCCNC(=O)C1(c2ccc(Br)cc2)CC1. The van der Waals surface area contributed by atoms with Gasteiger partial charge in [-0.05, 0) is 49.8 Å². The van der Waals surface area contributed by atoms with Gasteiger partial charge in [-0.15, -0.1) is 0 Å². The molecule has 0 aromatic heterocycles. The second-order valence-corrected chi connectivity index (χ2v) is 7.81. The molecule has 24 heavy (non-hydrogen) atoms. The first-order chi connectivity index (χ1) is 11.6. The van der Waals surface area contributed by atoms with Gasteiger partial charge in [0.15, 0.2) is 0 Å². The third-order valence-electron chi connectivity index (χ3n) is 5.14. The molecule has 2 fully saturated rings. The van der Waals surface area contributed by atoms with E-state index in [1.807, 2.05) is 29.2 Å². The lowest BCUT2D eigenvalue weighted by Gasteiger charge is -2.21. The number of carbonyl (C=O) groups excluding carboxylic acids is 2. The molecule has 4 nitrogen and oxygen atoms in total. The first-order valence-electron chi connectivity index (χ1n) is 8.94. The molecule has 1 saturated carbocycles. The van der Waals surface area contributed by atoms with Crippen LogP contribution in [0.4, 0.5) is 0 Å². The smallest absolute Gasteiger partial charge is 0.230 e. The highest BCUT2D eigenvalue weighted by Crippen LogP contribution is 2.48. The second kappa shape index (κ2) is 7.68. The van der Waals surface area contributed by atoms with Crippen LogP contribution in [0.2, 0.25) is 0 Å². The van der Waals surface area contributed by atoms with Crippen LogP contribution in [-0.4, -0.2) is 36.3 Å². The Balaban J connectivity index is 1.46. The summed E-state index contributed by atoms with van der Waals surface area (Å²) in [5.41, 5.74) is 0.782. The molecule has 130 valence electrons. The van der Waals surface area contributed by atoms with Gasteiger partial charge in [-0.1, -0.05) is 34.5 Å². The molecule has 0 spiro atoms. The van der Waals surface area contributed by atoms with E-state index in [9.17, 15) is 9.59 Å². The molecule has 1 aromatic rings. The quantitative estimate of drug-likeness (QED) is 0.754. The average molecular weight is 393 g/mol. The van der Waals surface area contributed by atoms with Crippen molar-refractivity contribution in [1.29, 1.82) is 0 Å². The number of benzene rings is 1. The zero-order valence-electron chi connectivity index (χ0n) is 14.0. The molecule has 0 unspecified atom stereocenters. The topological polar surface area (TPSA) is 49.4 Å². The molecule has 1 heterocycles. The van der Waals surface area contributed by atoms with Gasteiger partial charge in [-0.25, -0.2) is 0 Å². The number of hydrogen-bond donors (Lipinski definition) is 1. The summed E-state index contributed by atoms with van der Waals surface area (Å²) in [6, 6.07) is 8.06. The van der Waals surface area contributed by atoms with Gasteiger partial charge in [0.25, 0.3) is 0 Å². The fourth-order valence-electron chi connectivity index (χ4n) is 3.46. The van der Waals surface area contributed by atoms with E-state index in [-0.39, 0.29) is 17.2 Å². The van der Waals surface area contributed by atoms with Crippen LogP contribution in [-0.2, 0) is 15.0 Å². The van der Waals surface area contributed by atoms with E-state index in [2.05, 4.69) is 21.2 Å². The molecule has 2 aliphatic rings. The maximum absolute atomic E-state index is 12.6. The van der Waals surface area contributed by atoms with E-state index in [0.717, 1.165) is 61.7 Å². The number of nitrogens with zero attached hydrogens (tertiary/aromatic N) is 1. The van der Waals surface area contributed by atoms with Gasteiger partial charge in [0.2, 0.25) is 11.8 Å². The molecule has 1 saturated heterocycles. The lowest BCUT2D eigenvalue weighted by atomic mass is 9.95. The highest BCUT2D eigenvalue weighted by molar-refractivity contribution is 9.10.